The highest BCUT2D eigenvalue weighted by atomic mass is 31.2. The van der Waals surface area contributed by atoms with Gasteiger partial charge in [0.2, 0.25) is 23.6 Å². The molecule has 0 aliphatic carbocycles. The molecular weight excluding hydrogens is 1550 g/mol. The van der Waals surface area contributed by atoms with E-state index in [0.717, 1.165) is 0 Å². The molecule has 8 aliphatic heterocycles. The summed E-state index contributed by atoms with van der Waals surface area (Å²) >= 11 is 0. The molecule has 8 atom stereocenters. The monoisotopic (exact) mass is 1640 g/mol. The van der Waals surface area contributed by atoms with Gasteiger partial charge >= 0.3 is 0 Å². The van der Waals surface area contributed by atoms with Gasteiger partial charge in [0, 0.05) is 74.1 Å². The molecule has 0 spiro atoms. The Hall–Kier alpha value is -7.80. The Balaban J connectivity index is 0.000000264. The molecule has 0 radical (unpaired) electrons. The Kier molecular flexibility index (Phi) is 32.2. The first-order valence-corrected chi connectivity index (χ1v) is 39.6. The van der Waals surface area contributed by atoms with Gasteiger partial charge in [-0.25, -0.2) is 0 Å². The molecule has 0 bridgehead atoms. The van der Waals surface area contributed by atoms with Crippen LogP contribution in [0.5, 0.6) is 23.0 Å². The zero-order valence-corrected chi connectivity index (χ0v) is 63.2. The van der Waals surface area contributed by atoms with Crippen LogP contribution in [-0.4, -0.2) is 143 Å². The van der Waals surface area contributed by atoms with Gasteiger partial charge in [-0.1, -0.05) is 29.7 Å². The van der Waals surface area contributed by atoms with Crippen LogP contribution in [0.4, 0.5) is 0 Å². The smallest absolute Gasteiger partial charge is 0.223 e. The van der Waals surface area contributed by atoms with Crippen LogP contribution in [0.3, 0.4) is 0 Å². The van der Waals surface area contributed by atoms with Gasteiger partial charge in [-0.3, -0.25) is 19.2 Å². The minimum absolute atomic E-state index is 0. The summed E-state index contributed by atoms with van der Waals surface area (Å²) in [6, 6.07) is 25.5. The fraction of sp³-hybridized carbons (Fsp3) is 0.556. The van der Waals surface area contributed by atoms with Gasteiger partial charge in [-0.2, -0.15) is 21.0 Å². The van der Waals surface area contributed by atoms with E-state index in [1.54, 1.807) is 148 Å². The summed E-state index contributed by atoms with van der Waals surface area (Å²) in [6.45, 7) is 12.7. The molecule has 112 heavy (non-hydrogen) atoms. The summed E-state index contributed by atoms with van der Waals surface area (Å²) in [5.41, 5.74) is 0.173. The van der Waals surface area contributed by atoms with Crippen molar-refractivity contribution in [2.45, 2.75) is 207 Å². The number of likely N-dealkylation sites (tertiary alicyclic amines) is 4. The molecule has 4 saturated heterocycles. The number of amides is 4. The molecule has 4 aromatic rings. The topological polar surface area (TPSA) is 540 Å². The predicted molar refractivity (Wildman–Crippen MR) is 379 cm³/mol. The lowest BCUT2D eigenvalue weighted by atomic mass is 9.85. The van der Waals surface area contributed by atoms with E-state index in [-0.39, 0.29) is 53.3 Å². The van der Waals surface area contributed by atoms with Crippen LogP contribution >= 0.6 is 31.3 Å². The predicted octanol–water partition coefficient (Wildman–Crippen LogP) is 4.87. The second-order valence-corrected chi connectivity index (χ2v) is 32.6. The maximum atomic E-state index is 12.4. The molecule has 616 valence electrons. The van der Waals surface area contributed by atoms with Crippen molar-refractivity contribution in [2.75, 3.05) is 53.4 Å². The van der Waals surface area contributed by atoms with Crippen LogP contribution in [-0.2, 0) is 74.5 Å². The maximum absolute atomic E-state index is 12.4. The van der Waals surface area contributed by atoms with Crippen LogP contribution < -0.4 is 58.1 Å². The SMILES string of the molecule is C.C.C.C.CC1(C)Oc2ccc(C#N)cc2[C@@H](N2CCCC2=O)[C@@H]1OCOP(=O)([O-])[O-].CC1(C)Oc2ccc(C#N)cc2[C@@H](N2CCCC2=O)[C@H]1OCOP(=O)([O-])[O-].CC1(C)Oc2ccc(C#N)cc2[C@H](N2CCCC2=O)[C@@H]1OCOP(=O)([O-])[O-].CC1(C)Oc2ccc(C#N)cc2[C@H](N2CCCC2=O)[C@H]1OCOP(=O)([O-])[O-]. The largest absolute Gasteiger partial charge is 0.790 e. The summed E-state index contributed by atoms with van der Waals surface area (Å²) in [7, 11) is -20.8. The van der Waals surface area contributed by atoms with E-state index in [2.05, 4.69) is 42.4 Å². The van der Waals surface area contributed by atoms with E-state index in [4.69, 9.17) is 37.9 Å². The Labute approximate surface area is 650 Å². The van der Waals surface area contributed by atoms with Crippen LogP contribution in [0.2, 0.25) is 0 Å². The number of carbonyl (C=O) groups excluding carboxylic acids is 4. The van der Waals surface area contributed by atoms with Crippen LogP contribution in [0, 0.1) is 45.3 Å². The molecule has 8 aliphatic rings. The van der Waals surface area contributed by atoms with Crippen molar-refractivity contribution in [2.24, 2.45) is 0 Å². The first-order valence-electron chi connectivity index (χ1n) is 33.7. The number of benzene rings is 4. The summed E-state index contributed by atoms with van der Waals surface area (Å²) < 4.78 is 106. The molecular formula is C72H92N8O28P4-8. The average Bonchev–Trinajstić information content (AvgIpc) is 1.49. The van der Waals surface area contributed by atoms with Gasteiger partial charge in [-0.05, 0) is 154 Å². The molecule has 4 aromatic carbocycles. The molecule has 0 aromatic heterocycles. The minimum Gasteiger partial charge on any atom is -0.790 e. The van der Waals surface area contributed by atoms with Crippen molar-refractivity contribution >= 4 is 54.9 Å². The number of rotatable bonds is 20. The third-order valence-corrected chi connectivity index (χ3v) is 20.5. The van der Waals surface area contributed by atoms with Gasteiger partial charge in [0.05, 0.1) is 102 Å². The fourth-order valence-corrected chi connectivity index (χ4v) is 15.1. The molecule has 4 fully saturated rings. The van der Waals surface area contributed by atoms with E-state index in [1.807, 2.05) is 0 Å². The normalized spacial score (nSPS) is 23.4. The highest BCUT2D eigenvalue weighted by Gasteiger charge is 2.54. The van der Waals surface area contributed by atoms with Crippen LogP contribution in [0.15, 0.2) is 72.8 Å². The molecule has 0 saturated carbocycles. The quantitative estimate of drug-likeness (QED) is 0.0841. The number of hydrogen-bond donors (Lipinski definition) is 0. The lowest BCUT2D eigenvalue weighted by molar-refractivity contribution is -0.350. The van der Waals surface area contributed by atoms with E-state index in [0.29, 0.717) is 145 Å². The molecule has 0 unspecified atom stereocenters. The van der Waals surface area contributed by atoms with Crippen molar-refractivity contribution < 1.29 is 133 Å². The fourth-order valence-electron chi connectivity index (χ4n) is 14.3. The number of phosphoric ester groups is 4. The molecule has 8 heterocycles. The third-order valence-electron chi connectivity index (χ3n) is 18.8. The molecule has 36 nitrogen and oxygen atoms in total. The summed E-state index contributed by atoms with van der Waals surface area (Å²) in [5, 5.41) is 36.9. The van der Waals surface area contributed by atoms with Crippen molar-refractivity contribution in [1.82, 2.24) is 19.6 Å². The second kappa shape index (κ2) is 38.1. The van der Waals surface area contributed by atoms with Gasteiger partial charge in [0.1, 0.15) is 69.8 Å². The lowest BCUT2D eigenvalue weighted by Gasteiger charge is -2.47. The minimum atomic E-state index is -5.20. The van der Waals surface area contributed by atoms with Gasteiger partial charge in [0.25, 0.3) is 0 Å². The third kappa shape index (κ3) is 23.2. The Morgan fingerprint density at radius 2 is 0.536 bits per heavy atom. The van der Waals surface area contributed by atoms with Crippen LogP contribution in [0.25, 0.3) is 0 Å². The van der Waals surface area contributed by atoms with Crippen molar-refractivity contribution in [3.8, 4) is 47.3 Å². The molecule has 4 amide bonds. The number of phosphoric acid groups is 4. The molecule has 40 heteroatoms. The van der Waals surface area contributed by atoms with Crippen molar-refractivity contribution in [3.63, 3.8) is 0 Å². The second-order valence-electron chi connectivity index (χ2n) is 27.9. The first kappa shape index (κ1) is 94.8. The first-order chi connectivity index (χ1) is 50.5. The van der Waals surface area contributed by atoms with Gasteiger partial charge in [-0.15, -0.1) is 0 Å². The average molecular weight is 1640 g/mol. The number of fused-ring (bicyclic) bond motifs is 4. The standard InChI is InChI=1S/4C17H21N2O7P.4CH4/c4*1-17(2)16(24-10-25-27(21,22)23)15(19-7-3-4-14(19)20)12-8-11(9-18)5-6-13(12)26-17;;;;/h4*5-6,8,15-16H,3-4,7,10H2,1-2H3,(H2,21,22,23);4*1H4/p-8/t2*15-,16+;2*15-,16-;;;;/m1010..../s1. The number of carbonyl (C=O) groups is 4. The Morgan fingerprint density at radius 1 is 0.357 bits per heavy atom. The van der Waals surface area contributed by atoms with Crippen LogP contribution in [0.1, 0.15) is 205 Å². The molecule has 0 N–H and O–H groups in total. The number of nitrogens with zero attached hydrogens (tertiary/aromatic N) is 8. The lowest BCUT2D eigenvalue weighted by Crippen LogP contribution is -2.55. The maximum Gasteiger partial charge on any atom is 0.223 e. The van der Waals surface area contributed by atoms with E-state index < -0.39 is 129 Å². The summed E-state index contributed by atoms with van der Waals surface area (Å²) in [5.74, 6) is 1.78. The van der Waals surface area contributed by atoms with E-state index in [1.165, 1.54) is 0 Å². The number of ether oxygens (including phenoxy) is 8. The zero-order chi connectivity index (χ0) is 79.3. The Morgan fingerprint density at radius 3 is 0.679 bits per heavy atom. The Bertz CT molecular complexity index is 3870. The summed E-state index contributed by atoms with van der Waals surface area (Å²) in [6.07, 6.45) is 1.06. The van der Waals surface area contributed by atoms with E-state index >= 15 is 0 Å². The highest BCUT2D eigenvalue weighted by Crippen LogP contribution is 2.51. The van der Waals surface area contributed by atoms with Gasteiger partial charge < -0.3 is 133 Å². The summed E-state index contributed by atoms with van der Waals surface area (Å²) in [4.78, 5) is 142. The van der Waals surface area contributed by atoms with Gasteiger partial charge in [0.15, 0.2) is 27.2 Å². The number of nitriles is 4. The van der Waals surface area contributed by atoms with Crippen molar-refractivity contribution in [1.29, 1.82) is 21.0 Å². The van der Waals surface area contributed by atoms with E-state index in [9.17, 15) is 97.6 Å². The highest BCUT2D eigenvalue weighted by molar-refractivity contribution is 7.43. The number of hydrogen-bond acceptors (Lipinski definition) is 32. The van der Waals surface area contributed by atoms with Crippen molar-refractivity contribution in [3.05, 3.63) is 117 Å². The zero-order valence-electron chi connectivity index (χ0n) is 59.7. The molecule has 12 rings (SSSR count).